The molecule has 1 aromatic rings. The van der Waals surface area contributed by atoms with E-state index in [4.69, 9.17) is 9.47 Å². The van der Waals surface area contributed by atoms with E-state index in [1.807, 2.05) is 6.07 Å². The van der Waals surface area contributed by atoms with E-state index < -0.39 is 0 Å². The molecule has 1 atom stereocenters. The minimum absolute atomic E-state index is 0.665. The van der Waals surface area contributed by atoms with Gasteiger partial charge in [0.15, 0.2) is 11.5 Å². The predicted octanol–water partition coefficient (Wildman–Crippen LogP) is 2.42. The Kier molecular flexibility index (Phi) is 4.99. The zero-order chi connectivity index (χ0) is 14.5. The van der Waals surface area contributed by atoms with E-state index in [9.17, 15) is 0 Å². The lowest BCUT2D eigenvalue weighted by Crippen LogP contribution is -2.42. The van der Waals surface area contributed by atoms with Gasteiger partial charge in [-0.3, -0.25) is 0 Å². The second-order valence-corrected chi connectivity index (χ2v) is 6.06. The van der Waals surface area contributed by atoms with Crippen LogP contribution in [0.1, 0.15) is 31.2 Å². The summed E-state index contributed by atoms with van der Waals surface area (Å²) >= 11 is 0. The number of rotatable bonds is 4. The van der Waals surface area contributed by atoms with Crippen molar-refractivity contribution < 1.29 is 9.47 Å². The van der Waals surface area contributed by atoms with E-state index in [-0.39, 0.29) is 0 Å². The summed E-state index contributed by atoms with van der Waals surface area (Å²) in [5, 5.41) is 3.60. The van der Waals surface area contributed by atoms with Gasteiger partial charge in [0.25, 0.3) is 0 Å². The summed E-state index contributed by atoms with van der Waals surface area (Å²) in [4.78, 5) is 2.47. The van der Waals surface area contributed by atoms with Gasteiger partial charge in [0.1, 0.15) is 0 Å². The van der Waals surface area contributed by atoms with Crippen molar-refractivity contribution in [3.63, 3.8) is 0 Å². The lowest BCUT2D eigenvalue weighted by Gasteiger charge is -2.32. The highest BCUT2D eigenvalue weighted by atomic mass is 16.5. The summed E-state index contributed by atoms with van der Waals surface area (Å²) in [6, 6.07) is 6.85. The van der Waals surface area contributed by atoms with Gasteiger partial charge < -0.3 is 19.7 Å². The predicted molar refractivity (Wildman–Crippen MR) is 84.0 cm³/mol. The van der Waals surface area contributed by atoms with Gasteiger partial charge in [0.05, 0.1) is 13.2 Å². The molecule has 2 aliphatic heterocycles. The molecule has 0 spiro atoms. The van der Waals surface area contributed by atoms with Crippen LogP contribution in [0.25, 0.3) is 0 Å². The van der Waals surface area contributed by atoms with E-state index >= 15 is 0 Å². The zero-order valence-electron chi connectivity index (χ0n) is 12.9. The fourth-order valence-corrected chi connectivity index (χ4v) is 3.17. The molecule has 3 rings (SSSR count). The normalized spacial score (nSPS) is 22.8. The highest BCUT2D eigenvalue weighted by molar-refractivity contribution is 5.47. The van der Waals surface area contributed by atoms with Crippen molar-refractivity contribution in [2.45, 2.75) is 38.3 Å². The number of nitrogens with one attached hydrogen (secondary N) is 1. The standard InChI is InChI=1S/C17H26N2O2/c1-19-9-3-2-7-15(19)13-18-12-14-6-4-8-16-17(14)21-11-5-10-20-16/h4,6,8,15,18H,2-3,5,7,9-13H2,1H3. The number of nitrogens with zero attached hydrogens (tertiary/aromatic N) is 1. The number of fused-ring (bicyclic) bond motifs is 1. The largest absolute Gasteiger partial charge is 0.490 e. The van der Waals surface area contributed by atoms with Gasteiger partial charge in [0.2, 0.25) is 0 Å². The first-order chi connectivity index (χ1) is 10.3. The summed E-state index contributed by atoms with van der Waals surface area (Å²) in [7, 11) is 2.23. The van der Waals surface area contributed by atoms with E-state index in [0.717, 1.165) is 44.2 Å². The minimum atomic E-state index is 0.665. The van der Waals surface area contributed by atoms with Crippen molar-refractivity contribution in [1.29, 1.82) is 0 Å². The molecule has 1 aromatic carbocycles. The lowest BCUT2D eigenvalue weighted by atomic mass is 10.0. The van der Waals surface area contributed by atoms with Crippen LogP contribution >= 0.6 is 0 Å². The fraction of sp³-hybridized carbons (Fsp3) is 0.647. The molecular formula is C17H26N2O2. The summed E-state index contributed by atoms with van der Waals surface area (Å²) in [5.41, 5.74) is 1.20. The van der Waals surface area contributed by atoms with Gasteiger partial charge >= 0.3 is 0 Å². The molecule has 0 aliphatic carbocycles. The van der Waals surface area contributed by atoms with Gasteiger partial charge in [-0.05, 0) is 32.5 Å². The molecule has 2 heterocycles. The molecule has 0 amide bonds. The van der Waals surface area contributed by atoms with Gasteiger partial charge in [-0.1, -0.05) is 18.6 Å². The third-order valence-electron chi connectivity index (χ3n) is 4.47. The fourth-order valence-electron chi connectivity index (χ4n) is 3.17. The van der Waals surface area contributed by atoms with Crippen LogP contribution in [0.4, 0.5) is 0 Å². The highest BCUT2D eigenvalue weighted by Crippen LogP contribution is 2.33. The molecule has 0 aromatic heterocycles. The van der Waals surface area contributed by atoms with E-state index in [0.29, 0.717) is 6.04 Å². The first-order valence-corrected chi connectivity index (χ1v) is 8.13. The van der Waals surface area contributed by atoms with Crippen LogP contribution < -0.4 is 14.8 Å². The Bertz CT molecular complexity index is 464. The summed E-state index contributed by atoms with van der Waals surface area (Å²) in [6.07, 6.45) is 4.95. The second kappa shape index (κ2) is 7.14. The summed E-state index contributed by atoms with van der Waals surface area (Å²) < 4.78 is 11.6. The first-order valence-electron chi connectivity index (χ1n) is 8.13. The van der Waals surface area contributed by atoms with Gasteiger partial charge in [-0.15, -0.1) is 0 Å². The van der Waals surface area contributed by atoms with E-state index in [1.165, 1.54) is 31.4 Å². The lowest BCUT2D eigenvalue weighted by molar-refractivity contribution is 0.181. The number of para-hydroxylation sites is 1. The zero-order valence-corrected chi connectivity index (χ0v) is 12.9. The maximum atomic E-state index is 5.87. The molecule has 1 unspecified atom stereocenters. The van der Waals surface area contributed by atoms with Crippen LogP contribution in [-0.4, -0.2) is 44.3 Å². The molecule has 1 saturated heterocycles. The average molecular weight is 290 g/mol. The maximum absolute atomic E-state index is 5.87. The van der Waals surface area contributed by atoms with Crippen LogP contribution in [0.3, 0.4) is 0 Å². The smallest absolute Gasteiger partial charge is 0.165 e. The van der Waals surface area contributed by atoms with Crippen LogP contribution in [0.5, 0.6) is 11.5 Å². The van der Waals surface area contributed by atoms with Gasteiger partial charge in [-0.2, -0.15) is 0 Å². The number of piperidine rings is 1. The Morgan fingerprint density at radius 3 is 3.00 bits per heavy atom. The van der Waals surface area contributed by atoms with Crippen molar-refractivity contribution in [2.24, 2.45) is 0 Å². The number of ether oxygens (including phenoxy) is 2. The third-order valence-corrected chi connectivity index (χ3v) is 4.47. The topological polar surface area (TPSA) is 33.7 Å². The molecule has 1 N–H and O–H groups in total. The third kappa shape index (κ3) is 3.69. The molecule has 116 valence electrons. The molecule has 0 bridgehead atoms. The van der Waals surface area contributed by atoms with Crippen LogP contribution in [0, 0.1) is 0 Å². The van der Waals surface area contributed by atoms with Crippen molar-refractivity contribution in [3.8, 4) is 11.5 Å². The van der Waals surface area contributed by atoms with Crippen LogP contribution in [0.2, 0.25) is 0 Å². The van der Waals surface area contributed by atoms with Crippen molar-refractivity contribution in [1.82, 2.24) is 10.2 Å². The average Bonchev–Trinajstić information content (AvgIpc) is 2.75. The molecule has 4 nitrogen and oxygen atoms in total. The number of hydrogen-bond donors (Lipinski definition) is 1. The number of likely N-dealkylation sites (N-methyl/N-ethyl adjacent to an activating group) is 1. The highest BCUT2D eigenvalue weighted by Gasteiger charge is 2.19. The quantitative estimate of drug-likeness (QED) is 0.923. The first kappa shape index (κ1) is 14.7. The van der Waals surface area contributed by atoms with E-state index in [2.05, 4.69) is 29.4 Å². The maximum Gasteiger partial charge on any atom is 0.165 e. The van der Waals surface area contributed by atoms with Gasteiger partial charge in [-0.25, -0.2) is 0 Å². The summed E-state index contributed by atoms with van der Waals surface area (Å²) in [5.74, 6) is 1.82. The monoisotopic (exact) mass is 290 g/mol. The number of benzene rings is 1. The molecule has 4 heteroatoms. The Morgan fingerprint density at radius 2 is 2.10 bits per heavy atom. The van der Waals surface area contributed by atoms with Crippen molar-refractivity contribution >= 4 is 0 Å². The van der Waals surface area contributed by atoms with Gasteiger partial charge in [0, 0.05) is 31.1 Å². The molecule has 0 saturated carbocycles. The second-order valence-electron chi connectivity index (χ2n) is 6.06. The van der Waals surface area contributed by atoms with Crippen molar-refractivity contribution in [3.05, 3.63) is 23.8 Å². The van der Waals surface area contributed by atoms with Crippen LogP contribution in [0.15, 0.2) is 18.2 Å². The molecule has 21 heavy (non-hydrogen) atoms. The Morgan fingerprint density at radius 1 is 1.19 bits per heavy atom. The summed E-state index contributed by atoms with van der Waals surface area (Å²) in [6.45, 7) is 4.61. The molecule has 0 radical (unpaired) electrons. The molecule has 2 aliphatic rings. The molecular weight excluding hydrogens is 264 g/mol. The van der Waals surface area contributed by atoms with Crippen LogP contribution in [-0.2, 0) is 6.54 Å². The Balaban J connectivity index is 1.58. The Labute approximate surface area is 127 Å². The van der Waals surface area contributed by atoms with Crippen molar-refractivity contribution in [2.75, 3.05) is 33.4 Å². The van der Waals surface area contributed by atoms with E-state index in [1.54, 1.807) is 0 Å². The molecule has 1 fully saturated rings. The Hall–Kier alpha value is -1.26. The minimum Gasteiger partial charge on any atom is -0.490 e. The SMILES string of the molecule is CN1CCCCC1CNCc1cccc2c1OCCCO2. The number of likely N-dealkylation sites (tertiary alicyclic amines) is 1. The number of hydrogen-bond acceptors (Lipinski definition) is 4.